The molecule has 0 fully saturated rings. The van der Waals surface area contributed by atoms with E-state index < -0.39 is 0 Å². The first-order valence-corrected chi connectivity index (χ1v) is 12.3. The van der Waals surface area contributed by atoms with Gasteiger partial charge >= 0.3 is 5.97 Å². The van der Waals surface area contributed by atoms with Crippen molar-refractivity contribution in [3.63, 3.8) is 0 Å². The van der Waals surface area contributed by atoms with Crippen LogP contribution in [0.25, 0.3) is 0 Å². The zero-order valence-electron chi connectivity index (χ0n) is 16.6. The lowest BCUT2D eigenvalue weighted by Gasteiger charge is -2.18. The number of esters is 1. The topological polar surface area (TPSA) is 26.3 Å². The van der Waals surface area contributed by atoms with E-state index in [0.717, 1.165) is 57.8 Å². The zero-order chi connectivity index (χ0) is 20.7. The maximum atomic E-state index is 11.6. The molecule has 0 saturated heterocycles. The maximum absolute atomic E-state index is 11.6. The number of alkyl halides is 5. The average molecular weight is 485 g/mol. The van der Waals surface area contributed by atoms with Crippen molar-refractivity contribution in [2.24, 2.45) is 0 Å². The molecular weight excluding hydrogens is 449 g/mol. The first-order valence-electron chi connectivity index (χ1n) is 10.2. The lowest BCUT2D eigenvalue weighted by Crippen LogP contribution is -2.18. The third-order valence-electron chi connectivity index (χ3n) is 4.52. The van der Waals surface area contributed by atoms with Gasteiger partial charge in [-0.3, -0.25) is 4.79 Å². The summed E-state index contributed by atoms with van der Waals surface area (Å²) in [6.45, 7) is 4.62. The fourth-order valence-electron chi connectivity index (χ4n) is 2.62. The Balaban J connectivity index is 3.82. The first kappa shape index (κ1) is 27.9. The summed E-state index contributed by atoms with van der Waals surface area (Å²) >= 11 is 31.6. The van der Waals surface area contributed by atoms with Crippen LogP contribution in [0, 0.1) is 0 Å². The quantitative estimate of drug-likeness (QED) is 0.119. The number of hydrogen-bond acceptors (Lipinski definition) is 2. The van der Waals surface area contributed by atoms with Gasteiger partial charge in [-0.1, -0.05) is 26.7 Å². The van der Waals surface area contributed by atoms with Crippen molar-refractivity contribution in [3.8, 4) is 0 Å². The summed E-state index contributed by atoms with van der Waals surface area (Å²) in [6, 6.07) is 0. The molecule has 0 aliphatic rings. The third kappa shape index (κ3) is 16.4. The molecule has 0 spiro atoms. The molecule has 0 radical (unpaired) electrons. The Morgan fingerprint density at radius 3 is 2.07 bits per heavy atom. The van der Waals surface area contributed by atoms with E-state index in [1.165, 1.54) is 0 Å². The van der Waals surface area contributed by atoms with Gasteiger partial charge in [0.15, 0.2) is 0 Å². The predicted molar refractivity (Wildman–Crippen MR) is 121 cm³/mol. The molecule has 0 rings (SSSR count). The minimum Gasteiger partial charge on any atom is -0.466 e. The summed E-state index contributed by atoms with van der Waals surface area (Å²) < 4.78 is 5.13. The summed E-state index contributed by atoms with van der Waals surface area (Å²) in [5.41, 5.74) is 0. The van der Waals surface area contributed by atoms with Crippen LogP contribution < -0.4 is 0 Å². The van der Waals surface area contributed by atoms with E-state index >= 15 is 0 Å². The van der Waals surface area contributed by atoms with Gasteiger partial charge in [-0.25, -0.2) is 0 Å². The Bertz CT molecular complexity index is 370. The smallest absolute Gasteiger partial charge is 0.305 e. The number of carbonyl (C=O) groups excluding carboxylic acids is 1. The van der Waals surface area contributed by atoms with E-state index in [9.17, 15) is 4.79 Å². The summed E-state index contributed by atoms with van der Waals surface area (Å²) in [7, 11) is 0. The molecule has 0 aromatic carbocycles. The van der Waals surface area contributed by atoms with Crippen molar-refractivity contribution in [1.29, 1.82) is 0 Å². The van der Waals surface area contributed by atoms with Crippen LogP contribution in [0.1, 0.15) is 84.5 Å². The van der Waals surface area contributed by atoms with Crippen molar-refractivity contribution < 1.29 is 9.53 Å². The van der Waals surface area contributed by atoms with E-state index in [-0.39, 0.29) is 32.9 Å². The molecule has 0 amide bonds. The number of carbonyl (C=O) groups is 1. The highest BCUT2D eigenvalue weighted by atomic mass is 35.5. The number of ether oxygens (including phenoxy) is 1. The molecule has 5 atom stereocenters. The molecule has 27 heavy (non-hydrogen) atoms. The van der Waals surface area contributed by atoms with E-state index in [1.807, 2.05) is 0 Å². The van der Waals surface area contributed by atoms with E-state index in [0.29, 0.717) is 19.4 Å². The Labute approximate surface area is 190 Å². The van der Waals surface area contributed by atoms with Crippen molar-refractivity contribution in [2.45, 2.75) is 111 Å². The number of unbranched alkanes of at least 4 members (excludes halogenated alkanes) is 1. The number of halogens is 5. The van der Waals surface area contributed by atoms with Gasteiger partial charge < -0.3 is 4.74 Å². The highest BCUT2D eigenvalue weighted by molar-refractivity contribution is 6.30. The van der Waals surface area contributed by atoms with Crippen LogP contribution in [0.5, 0.6) is 0 Å². The molecule has 0 aromatic heterocycles. The second-order valence-electron chi connectivity index (χ2n) is 7.09. The normalized spacial score (nSPS) is 17.1. The van der Waals surface area contributed by atoms with Gasteiger partial charge in [-0.2, -0.15) is 0 Å². The van der Waals surface area contributed by atoms with Crippen LogP contribution >= 0.6 is 58.0 Å². The van der Waals surface area contributed by atoms with Gasteiger partial charge in [0.05, 0.1) is 6.61 Å². The van der Waals surface area contributed by atoms with E-state index in [2.05, 4.69) is 13.8 Å². The highest BCUT2D eigenvalue weighted by Gasteiger charge is 2.19. The SMILES string of the molecule is CCCCOC(=O)CCC(Cl)CCC(Cl)C(Cl)CCCC(Cl)CC(Cl)CC. The molecule has 0 aliphatic carbocycles. The van der Waals surface area contributed by atoms with Gasteiger partial charge in [0.1, 0.15) is 0 Å². The molecule has 2 nitrogen and oxygen atoms in total. The summed E-state index contributed by atoms with van der Waals surface area (Å²) in [4.78, 5) is 11.6. The van der Waals surface area contributed by atoms with Crippen molar-refractivity contribution in [2.75, 3.05) is 6.61 Å². The van der Waals surface area contributed by atoms with Gasteiger partial charge in [0.25, 0.3) is 0 Å². The second kappa shape index (κ2) is 17.8. The minimum absolute atomic E-state index is 0.0873. The molecule has 0 N–H and O–H groups in total. The zero-order valence-corrected chi connectivity index (χ0v) is 20.4. The number of hydrogen-bond donors (Lipinski definition) is 0. The van der Waals surface area contributed by atoms with Crippen LogP contribution in [-0.4, -0.2) is 39.5 Å². The largest absolute Gasteiger partial charge is 0.466 e. The van der Waals surface area contributed by atoms with Crippen molar-refractivity contribution in [1.82, 2.24) is 0 Å². The van der Waals surface area contributed by atoms with Crippen LogP contribution in [0.2, 0.25) is 0 Å². The van der Waals surface area contributed by atoms with E-state index in [4.69, 9.17) is 62.7 Å². The Kier molecular flexibility index (Phi) is 18.4. The van der Waals surface area contributed by atoms with Crippen LogP contribution in [0.15, 0.2) is 0 Å². The fraction of sp³-hybridized carbons (Fsp3) is 0.950. The predicted octanol–water partition coefficient (Wildman–Crippen LogP) is 7.90. The molecular formula is C20H35Cl5O2. The van der Waals surface area contributed by atoms with Crippen molar-refractivity contribution in [3.05, 3.63) is 0 Å². The minimum atomic E-state index is -0.176. The lowest BCUT2D eigenvalue weighted by molar-refractivity contribution is -0.143. The number of rotatable bonds is 17. The summed E-state index contributed by atoms with van der Waals surface area (Å²) in [5, 5.41) is -0.0826. The third-order valence-corrected chi connectivity index (χ3v) is 7.02. The van der Waals surface area contributed by atoms with Gasteiger partial charge in [0.2, 0.25) is 0 Å². The highest BCUT2D eigenvalue weighted by Crippen LogP contribution is 2.25. The Hall–Kier alpha value is 0.920. The molecule has 0 saturated carbocycles. The molecule has 0 aliphatic heterocycles. The standard InChI is InChI=1S/C20H35Cl5O2/c1-3-5-13-27-20(26)12-10-16(22)9-11-19(25)18(24)8-6-7-17(23)14-15(21)4-2/h15-19H,3-14H2,1-2H3. The van der Waals surface area contributed by atoms with Crippen LogP contribution in [-0.2, 0) is 9.53 Å². The molecule has 162 valence electrons. The van der Waals surface area contributed by atoms with Crippen LogP contribution in [0.3, 0.4) is 0 Å². The molecule has 0 bridgehead atoms. The van der Waals surface area contributed by atoms with Gasteiger partial charge in [0, 0.05) is 33.3 Å². The van der Waals surface area contributed by atoms with Gasteiger partial charge in [-0.15, -0.1) is 58.0 Å². The first-order chi connectivity index (χ1) is 12.8. The Morgan fingerprint density at radius 2 is 1.44 bits per heavy atom. The second-order valence-corrected chi connectivity index (χ2v) is 10.1. The van der Waals surface area contributed by atoms with E-state index in [1.54, 1.807) is 0 Å². The van der Waals surface area contributed by atoms with Crippen molar-refractivity contribution >= 4 is 64.0 Å². The summed E-state index contributed by atoms with van der Waals surface area (Å²) in [5.74, 6) is -0.176. The monoisotopic (exact) mass is 482 g/mol. The molecule has 5 unspecified atom stereocenters. The fourth-order valence-corrected chi connectivity index (χ4v) is 4.06. The average Bonchev–Trinajstić information content (AvgIpc) is 2.64. The molecule has 0 aromatic rings. The Morgan fingerprint density at radius 1 is 0.778 bits per heavy atom. The summed E-state index contributed by atoms with van der Waals surface area (Å²) in [6.07, 6.45) is 8.77. The van der Waals surface area contributed by atoms with Crippen LogP contribution in [0.4, 0.5) is 0 Å². The molecule has 0 heterocycles. The van der Waals surface area contributed by atoms with Gasteiger partial charge in [-0.05, 0) is 51.4 Å². The maximum Gasteiger partial charge on any atom is 0.305 e. The lowest BCUT2D eigenvalue weighted by atomic mass is 10.0. The molecule has 7 heteroatoms.